The van der Waals surface area contributed by atoms with Crippen LogP contribution in [-0.2, 0) is 16.0 Å². The van der Waals surface area contributed by atoms with E-state index in [9.17, 15) is 14.0 Å². The van der Waals surface area contributed by atoms with Gasteiger partial charge in [0, 0.05) is 25.7 Å². The Kier molecular flexibility index (Phi) is 4.65. The number of likely N-dealkylation sites (N-methyl/N-ethyl adjacent to an activating group) is 1. The van der Waals surface area contributed by atoms with Crippen LogP contribution >= 0.6 is 0 Å². The van der Waals surface area contributed by atoms with Crippen LogP contribution in [0.15, 0.2) is 43.2 Å². The summed E-state index contributed by atoms with van der Waals surface area (Å²) in [7, 11) is 1.55. The number of nitrogens with one attached hydrogen (secondary N) is 1. The van der Waals surface area contributed by atoms with Gasteiger partial charge in [-0.15, -0.1) is 0 Å². The van der Waals surface area contributed by atoms with E-state index in [4.69, 9.17) is 0 Å². The molecule has 6 nitrogen and oxygen atoms in total. The lowest BCUT2D eigenvalue weighted by Gasteiger charge is -2.36. The third-order valence-electron chi connectivity index (χ3n) is 4.35. The fourth-order valence-corrected chi connectivity index (χ4v) is 3.06. The number of amides is 2. The number of hydrogen-bond donors (Lipinski definition) is 1. The van der Waals surface area contributed by atoms with E-state index in [2.05, 4.69) is 16.5 Å². The SMILES string of the molecule is C=CC(=O)N(C)CC(=O)N1CCc2[nH]cnc2C1c1ccc(F)cc1. The lowest BCUT2D eigenvalue weighted by molar-refractivity contribution is -0.138. The van der Waals surface area contributed by atoms with Gasteiger partial charge in [-0.25, -0.2) is 9.37 Å². The first-order valence-electron chi connectivity index (χ1n) is 7.96. The molecule has 3 rings (SSSR count). The van der Waals surface area contributed by atoms with Gasteiger partial charge in [0.1, 0.15) is 11.9 Å². The lowest BCUT2D eigenvalue weighted by Crippen LogP contribution is -2.45. The zero-order valence-corrected chi connectivity index (χ0v) is 13.9. The quantitative estimate of drug-likeness (QED) is 0.860. The summed E-state index contributed by atoms with van der Waals surface area (Å²) in [6.45, 7) is 3.87. The lowest BCUT2D eigenvalue weighted by atomic mass is 9.95. The van der Waals surface area contributed by atoms with Gasteiger partial charge in [-0.1, -0.05) is 18.7 Å². The van der Waals surface area contributed by atoms with E-state index in [1.807, 2.05) is 0 Å². The monoisotopic (exact) mass is 342 g/mol. The topological polar surface area (TPSA) is 69.3 Å². The van der Waals surface area contributed by atoms with Gasteiger partial charge in [0.2, 0.25) is 11.8 Å². The summed E-state index contributed by atoms with van der Waals surface area (Å²) in [4.78, 5) is 34.9. The summed E-state index contributed by atoms with van der Waals surface area (Å²) in [6, 6.07) is 5.64. The van der Waals surface area contributed by atoms with Crippen molar-refractivity contribution in [2.75, 3.05) is 20.1 Å². The zero-order chi connectivity index (χ0) is 18.0. The number of carbonyl (C=O) groups excluding carboxylic acids is 2. The third-order valence-corrected chi connectivity index (χ3v) is 4.35. The van der Waals surface area contributed by atoms with Crippen molar-refractivity contribution in [3.63, 3.8) is 0 Å². The van der Waals surface area contributed by atoms with Crippen molar-refractivity contribution in [1.82, 2.24) is 19.8 Å². The minimum Gasteiger partial charge on any atom is -0.348 e. The largest absolute Gasteiger partial charge is 0.348 e. The predicted molar refractivity (Wildman–Crippen MR) is 90.1 cm³/mol. The Morgan fingerprint density at radius 2 is 2.16 bits per heavy atom. The summed E-state index contributed by atoms with van der Waals surface area (Å²) < 4.78 is 13.3. The van der Waals surface area contributed by atoms with Gasteiger partial charge in [0.15, 0.2) is 0 Å². The molecule has 0 saturated heterocycles. The Hall–Kier alpha value is -2.96. The molecule has 1 aliphatic rings. The van der Waals surface area contributed by atoms with Crippen LogP contribution in [0.2, 0.25) is 0 Å². The van der Waals surface area contributed by atoms with Gasteiger partial charge in [0.25, 0.3) is 0 Å². The van der Waals surface area contributed by atoms with Gasteiger partial charge in [-0.3, -0.25) is 9.59 Å². The molecule has 0 saturated carbocycles. The molecule has 0 fully saturated rings. The fraction of sp³-hybridized carbons (Fsp3) is 0.278. The van der Waals surface area contributed by atoms with Crippen LogP contribution in [0, 0.1) is 5.82 Å². The number of rotatable bonds is 4. The van der Waals surface area contributed by atoms with Crippen molar-refractivity contribution < 1.29 is 14.0 Å². The Balaban J connectivity index is 1.92. The normalized spacial score (nSPS) is 16.2. The van der Waals surface area contributed by atoms with Crippen LogP contribution in [0.3, 0.4) is 0 Å². The molecule has 0 bridgehead atoms. The summed E-state index contributed by atoms with van der Waals surface area (Å²) in [6.07, 6.45) is 3.42. The first-order chi connectivity index (χ1) is 12.0. The van der Waals surface area contributed by atoms with Crippen molar-refractivity contribution >= 4 is 11.8 Å². The molecule has 0 aliphatic carbocycles. The second kappa shape index (κ2) is 6.88. The summed E-state index contributed by atoms with van der Waals surface area (Å²) in [5.41, 5.74) is 2.50. The maximum absolute atomic E-state index is 13.3. The summed E-state index contributed by atoms with van der Waals surface area (Å²) in [5.74, 6) is -0.846. The minimum atomic E-state index is -0.407. The van der Waals surface area contributed by atoms with E-state index in [0.29, 0.717) is 13.0 Å². The van der Waals surface area contributed by atoms with Crippen molar-refractivity contribution in [2.45, 2.75) is 12.5 Å². The number of hydrogen-bond acceptors (Lipinski definition) is 3. The molecule has 25 heavy (non-hydrogen) atoms. The zero-order valence-electron chi connectivity index (χ0n) is 13.9. The van der Waals surface area contributed by atoms with Crippen LogP contribution in [0.5, 0.6) is 0 Å². The van der Waals surface area contributed by atoms with Gasteiger partial charge >= 0.3 is 0 Å². The van der Waals surface area contributed by atoms with E-state index in [0.717, 1.165) is 17.0 Å². The number of aromatic amines is 1. The molecule has 130 valence electrons. The molecular weight excluding hydrogens is 323 g/mol. The Morgan fingerprint density at radius 1 is 1.44 bits per heavy atom. The Labute approximate surface area is 145 Å². The highest BCUT2D eigenvalue weighted by Gasteiger charge is 2.34. The standard InChI is InChI=1S/C18H19FN4O2/c1-3-15(24)22(2)10-16(25)23-9-8-14-17(21-11-20-14)18(23)12-4-6-13(19)7-5-12/h3-7,11,18H,1,8-10H2,2H3,(H,20,21). The van der Waals surface area contributed by atoms with E-state index in [1.54, 1.807) is 30.4 Å². The second-order valence-electron chi connectivity index (χ2n) is 5.96. The molecule has 0 radical (unpaired) electrons. The highest BCUT2D eigenvalue weighted by molar-refractivity contribution is 5.90. The van der Waals surface area contributed by atoms with E-state index in [-0.39, 0.29) is 24.2 Å². The number of carbonyl (C=O) groups is 2. The predicted octanol–water partition coefficient (Wildman–Crippen LogP) is 1.67. The third kappa shape index (κ3) is 3.31. The number of aromatic nitrogens is 2. The molecule has 1 N–H and O–H groups in total. The highest BCUT2D eigenvalue weighted by Crippen LogP contribution is 2.33. The number of benzene rings is 1. The fourth-order valence-electron chi connectivity index (χ4n) is 3.06. The molecular formula is C18H19FN4O2. The highest BCUT2D eigenvalue weighted by atomic mass is 19.1. The second-order valence-corrected chi connectivity index (χ2v) is 5.96. The molecule has 0 spiro atoms. The molecule has 1 aromatic carbocycles. The molecule has 1 unspecified atom stereocenters. The van der Waals surface area contributed by atoms with Gasteiger partial charge in [-0.05, 0) is 23.8 Å². The number of halogens is 1. The molecule has 2 heterocycles. The molecule has 1 aliphatic heterocycles. The van der Waals surface area contributed by atoms with Gasteiger partial charge < -0.3 is 14.8 Å². The molecule has 2 amide bonds. The van der Waals surface area contributed by atoms with Crippen molar-refractivity contribution in [3.8, 4) is 0 Å². The average molecular weight is 342 g/mol. The number of nitrogens with zero attached hydrogens (tertiary/aromatic N) is 3. The smallest absolute Gasteiger partial charge is 0.246 e. The van der Waals surface area contributed by atoms with Crippen LogP contribution < -0.4 is 0 Å². The molecule has 7 heteroatoms. The van der Waals surface area contributed by atoms with Gasteiger partial charge in [-0.2, -0.15) is 0 Å². The maximum atomic E-state index is 13.3. The minimum absolute atomic E-state index is 0.0533. The molecule has 2 aromatic rings. The van der Waals surface area contributed by atoms with Crippen LogP contribution in [0.25, 0.3) is 0 Å². The van der Waals surface area contributed by atoms with Crippen LogP contribution in [0.1, 0.15) is 23.0 Å². The van der Waals surface area contributed by atoms with Crippen LogP contribution in [0.4, 0.5) is 4.39 Å². The van der Waals surface area contributed by atoms with Crippen molar-refractivity contribution in [3.05, 3.63) is 66.0 Å². The van der Waals surface area contributed by atoms with E-state index < -0.39 is 6.04 Å². The summed E-state index contributed by atoms with van der Waals surface area (Å²) in [5, 5.41) is 0. The summed E-state index contributed by atoms with van der Waals surface area (Å²) >= 11 is 0. The number of imidazole rings is 1. The van der Waals surface area contributed by atoms with E-state index >= 15 is 0 Å². The average Bonchev–Trinajstić information content (AvgIpc) is 3.09. The first-order valence-corrected chi connectivity index (χ1v) is 7.96. The number of H-pyrrole nitrogens is 1. The first kappa shape index (κ1) is 16.9. The maximum Gasteiger partial charge on any atom is 0.246 e. The molecule has 1 atom stereocenters. The molecule has 1 aromatic heterocycles. The van der Waals surface area contributed by atoms with Gasteiger partial charge in [0.05, 0.1) is 18.6 Å². The van der Waals surface area contributed by atoms with E-state index in [1.165, 1.54) is 23.1 Å². The number of fused-ring (bicyclic) bond motifs is 1. The van der Waals surface area contributed by atoms with Crippen molar-refractivity contribution in [1.29, 1.82) is 0 Å². The van der Waals surface area contributed by atoms with Crippen LogP contribution in [-0.4, -0.2) is 51.7 Å². The Morgan fingerprint density at radius 3 is 2.84 bits per heavy atom. The van der Waals surface area contributed by atoms with Crippen molar-refractivity contribution in [2.24, 2.45) is 0 Å². The Bertz CT molecular complexity index is 800.